The monoisotopic (exact) mass is 320 g/mol. The highest BCUT2D eigenvalue weighted by atomic mass is 19.1. The summed E-state index contributed by atoms with van der Waals surface area (Å²) in [6.45, 7) is 0. The standard InChI is InChI=1S/C20H17FN2O/c21-17-8-2-1-5-14(17)10-11-16-13-19(24)23(16)18-9-3-6-15-7-4-12-22-20(15)18/h1-9,12,16H,10-11,13H2. The molecule has 1 aromatic heterocycles. The molecule has 2 aromatic carbocycles. The second kappa shape index (κ2) is 6.04. The van der Waals surface area contributed by atoms with Crippen molar-refractivity contribution < 1.29 is 9.18 Å². The number of benzene rings is 2. The lowest BCUT2D eigenvalue weighted by Crippen LogP contribution is -2.53. The zero-order valence-electron chi connectivity index (χ0n) is 13.2. The first kappa shape index (κ1) is 14.8. The molecule has 24 heavy (non-hydrogen) atoms. The van der Waals surface area contributed by atoms with Crippen molar-refractivity contribution in [3.05, 3.63) is 72.2 Å². The molecule has 1 atom stereocenters. The molecule has 1 amide bonds. The molecule has 4 rings (SSSR count). The largest absolute Gasteiger partial charge is 0.307 e. The highest BCUT2D eigenvalue weighted by molar-refractivity contribution is 6.06. The van der Waals surface area contributed by atoms with Gasteiger partial charge >= 0.3 is 0 Å². The summed E-state index contributed by atoms with van der Waals surface area (Å²) in [6, 6.07) is 16.7. The maximum atomic E-state index is 13.8. The second-order valence-electron chi connectivity index (χ2n) is 6.10. The van der Waals surface area contributed by atoms with Crippen molar-refractivity contribution in [2.75, 3.05) is 4.90 Å². The van der Waals surface area contributed by atoms with E-state index in [9.17, 15) is 9.18 Å². The van der Waals surface area contributed by atoms with Crippen LogP contribution in [0.2, 0.25) is 0 Å². The number of carbonyl (C=O) groups is 1. The summed E-state index contributed by atoms with van der Waals surface area (Å²) >= 11 is 0. The lowest BCUT2D eigenvalue weighted by atomic mass is 9.93. The van der Waals surface area contributed by atoms with Crippen LogP contribution in [0, 0.1) is 5.82 Å². The highest BCUT2D eigenvalue weighted by Crippen LogP contribution is 2.34. The Morgan fingerprint density at radius 3 is 2.75 bits per heavy atom. The van der Waals surface area contributed by atoms with Crippen LogP contribution in [-0.4, -0.2) is 16.9 Å². The van der Waals surface area contributed by atoms with Crippen molar-refractivity contribution in [1.29, 1.82) is 0 Å². The first-order valence-electron chi connectivity index (χ1n) is 8.13. The van der Waals surface area contributed by atoms with Gasteiger partial charge in [0.2, 0.25) is 5.91 Å². The smallest absolute Gasteiger partial charge is 0.229 e. The Hall–Kier alpha value is -2.75. The van der Waals surface area contributed by atoms with Crippen LogP contribution in [0.5, 0.6) is 0 Å². The van der Waals surface area contributed by atoms with E-state index in [2.05, 4.69) is 4.98 Å². The second-order valence-corrected chi connectivity index (χ2v) is 6.10. The number of amides is 1. The van der Waals surface area contributed by atoms with Gasteiger partial charge in [-0.3, -0.25) is 9.78 Å². The first-order chi connectivity index (χ1) is 11.7. The Bertz CT molecular complexity index is 904. The predicted octanol–water partition coefficient (Wildman–Crippen LogP) is 4.11. The molecular formula is C20H17FN2O. The number of fused-ring (bicyclic) bond motifs is 1. The summed E-state index contributed by atoms with van der Waals surface area (Å²) in [7, 11) is 0. The fourth-order valence-corrected chi connectivity index (χ4v) is 3.35. The van der Waals surface area contributed by atoms with Crippen LogP contribution < -0.4 is 4.90 Å². The number of β-lactam (4-membered cyclic amide) rings is 1. The van der Waals surface area contributed by atoms with Crippen molar-refractivity contribution in [1.82, 2.24) is 4.98 Å². The topological polar surface area (TPSA) is 33.2 Å². The summed E-state index contributed by atoms with van der Waals surface area (Å²) in [5.41, 5.74) is 2.39. The fraction of sp³-hybridized carbons (Fsp3) is 0.200. The third-order valence-electron chi connectivity index (χ3n) is 4.62. The lowest BCUT2D eigenvalue weighted by molar-refractivity contribution is -0.124. The third-order valence-corrected chi connectivity index (χ3v) is 4.62. The van der Waals surface area contributed by atoms with E-state index in [1.807, 2.05) is 41.3 Å². The Morgan fingerprint density at radius 1 is 1.08 bits per heavy atom. The number of hydrogen-bond donors (Lipinski definition) is 0. The average Bonchev–Trinajstić information content (AvgIpc) is 2.60. The van der Waals surface area contributed by atoms with E-state index in [4.69, 9.17) is 0 Å². The first-order valence-corrected chi connectivity index (χ1v) is 8.13. The van der Waals surface area contributed by atoms with Gasteiger partial charge < -0.3 is 4.90 Å². The summed E-state index contributed by atoms with van der Waals surface area (Å²) in [6.07, 6.45) is 3.62. The minimum Gasteiger partial charge on any atom is -0.307 e. The van der Waals surface area contributed by atoms with Crippen molar-refractivity contribution in [3.8, 4) is 0 Å². The molecule has 1 unspecified atom stereocenters. The van der Waals surface area contributed by atoms with Gasteiger partial charge in [0.25, 0.3) is 0 Å². The van der Waals surface area contributed by atoms with Crippen LogP contribution in [0.15, 0.2) is 60.8 Å². The minimum atomic E-state index is -0.179. The van der Waals surface area contributed by atoms with Gasteiger partial charge in [-0.2, -0.15) is 0 Å². The van der Waals surface area contributed by atoms with Crippen molar-refractivity contribution in [3.63, 3.8) is 0 Å². The average molecular weight is 320 g/mol. The van der Waals surface area contributed by atoms with Crippen LogP contribution in [0.3, 0.4) is 0 Å². The van der Waals surface area contributed by atoms with E-state index in [0.717, 1.165) is 23.0 Å². The number of anilines is 1. The van der Waals surface area contributed by atoms with Gasteiger partial charge in [0.05, 0.1) is 11.2 Å². The Kier molecular flexibility index (Phi) is 3.73. The number of pyridine rings is 1. The van der Waals surface area contributed by atoms with Crippen molar-refractivity contribution in [2.24, 2.45) is 0 Å². The molecule has 3 aromatic rings. The van der Waals surface area contributed by atoms with E-state index in [-0.39, 0.29) is 17.8 Å². The normalized spacial score (nSPS) is 17.1. The molecule has 3 nitrogen and oxygen atoms in total. The van der Waals surface area contributed by atoms with E-state index in [0.29, 0.717) is 18.4 Å². The van der Waals surface area contributed by atoms with Gasteiger partial charge in [-0.25, -0.2) is 4.39 Å². The van der Waals surface area contributed by atoms with E-state index in [1.54, 1.807) is 18.3 Å². The maximum absolute atomic E-state index is 13.8. The number of para-hydroxylation sites is 1. The SMILES string of the molecule is O=C1CC(CCc2ccccc2F)N1c1cccc2cccnc12. The number of aryl methyl sites for hydroxylation is 1. The zero-order chi connectivity index (χ0) is 16.5. The predicted molar refractivity (Wildman–Crippen MR) is 92.4 cm³/mol. The Balaban J connectivity index is 1.58. The molecule has 120 valence electrons. The molecule has 1 aliphatic heterocycles. The number of carbonyl (C=O) groups excluding carboxylic acids is 1. The highest BCUT2D eigenvalue weighted by Gasteiger charge is 2.37. The summed E-state index contributed by atoms with van der Waals surface area (Å²) in [5, 5.41) is 1.02. The van der Waals surface area contributed by atoms with Gasteiger partial charge in [0, 0.05) is 24.0 Å². The molecule has 0 bridgehead atoms. The molecule has 2 heterocycles. The molecule has 1 fully saturated rings. The molecule has 1 saturated heterocycles. The van der Waals surface area contributed by atoms with E-state index >= 15 is 0 Å². The lowest BCUT2D eigenvalue weighted by Gasteiger charge is -2.41. The molecular weight excluding hydrogens is 303 g/mol. The maximum Gasteiger partial charge on any atom is 0.229 e. The number of halogens is 1. The molecule has 0 spiro atoms. The number of rotatable bonds is 4. The van der Waals surface area contributed by atoms with E-state index in [1.165, 1.54) is 6.07 Å². The summed E-state index contributed by atoms with van der Waals surface area (Å²) < 4.78 is 13.8. The van der Waals surface area contributed by atoms with Crippen LogP contribution in [0.25, 0.3) is 10.9 Å². The summed E-state index contributed by atoms with van der Waals surface area (Å²) in [4.78, 5) is 18.4. The molecule has 1 aliphatic rings. The molecule has 0 aliphatic carbocycles. The number of aromatic nitrogens is 1. The number of hydrogen-bond acceptors (Lipinski definition) is 2. The molecule has 0 N–H and O–H groups in total. The van der Waals surface area contributed by atoms with Crippen LogP contribution in [0.4, 0.5) is 10.1 Å². The van der Waals surface area contributed by atoms with Gasteiger partial charge in [-0.15, -0.1) is 0 Å². The molecule has 4 heteroatoms. The summed E-state index contributed by atoms with van der Waals surface area (Å²) in [5.74, 6) is -0.0757. The Morgan fingerprint density at radius 2 is 1.92 bits per heavy atom. The van der Waals surface area contributed by atoms with Gasteiger partial charge in [0.1, 0.15) is 5.82 Å². The quantitative estimate of drug-likeness (QED) is 0.678. The number of nitrogens with zero attached hydrogens (tertiary/aromatic N) is 2. The van der Waals surface area contributed by atoms with Gasteiger partial charge in [0.15, 0.2) is 0 Å². The third kappa shape index (κ3) is 2.54. The van der Waals surface area contributed by atoms with E-state index < -0.39 is 0 Å². The van der Waals surface area contributed by atoms with Gasteiger partial charge in [-0.05, 0) is 36.6 Å². The van der Waals surface area contributed by atoms with Gasteiger partial charge in [-0.1, -0.05) is 36.4 Å². The van der Waals surface area contributed by atoms with Crippen LogP contribution in [0.1, 0.15) is 18.4 Å². The zero-order valence-corrected chi connectivity index (χ0v) is 13.2. The van der Waals surface area contributed by atoms with Crippen LogP contribution >= 0.6 is 0 Å². The minimum absolute atomic E-state index is 0.102. The van der Waals surface area contributed by atoms with Crippen molar-refractivity contribution in [2.45, 2.75) is 25.3 Å². The fourth-order valence-electron chi connectivity index (χ4n) is 3.35. The van der Waals surface area contributed by atoms with Crippen molar-refractivity contribution >= 4 is 22.5 Å². The Labute approximate surface area is 139 Å². The molecule has 0 radical (unpaired) electrons. The van der Waals surface area contributed by atoms with Crippen LogP contribution in [-0.2, 0) is 11.2 Å². The molecule has 0 saturated carbocycles.